The Morgan fingerprint density at radius 3 is 2.57 bits per heavy atom. The number of ether oxygens (including phenoxy) is 1. The minimum absolute atomic E-state index is 0.00159. The highest BCUT2D eigenvalue weighted by atomic mass is 32.1. The number of aromatic nitrogens is 1. The van der Waals surface area contributed by atoms with E-state index in [0.29, 0.717) is 11.6 Å². The van der Waals surface area contributed by atoms with Crippen LogP contribution in [0.2, 0.25) is 0 Å². The number of hydrogen-bond donors (Lipinski definition) is 1. The van der Waals surface area contributed by atoms with Crippen LogP contribution in [0.15, 0.2) is 29.6 Å². The standard InChI is InChI=1S/C18H24N2O2S/c1-5-10-22-14-8-6-13(7-9-14)15-12-23-17(19-15)20-16(21)11-18(2,3)4/h6-9,12H,5,10-11H2,1-4H3,(H,19,20,21). The van der Waals surface area contributed by atoms with E-state index in [9.17, 15) is 4.79 Å². The number of hydrogen-bond acceptors (Lipinski definition) is 4. The quantitative estimate of drug-likeness (QED) is 0.812. The summed E-state index contributed by atoms with van der Waals surface area (Å²) in [5.41, 5.74) is 1.85. The number of thiazole rings is 1. The van der Waals surface area contributed by atoms with Gasteiger partial charge in [0.25, 0.3) is 0 Å². The number of amides is 1. The van der Waals surface area contributed by atoms with Gasteiger partial charge in [-0.05, 0) is 36.1 Å². The van der Waals surface area contributed by atoms with Gasteiger partial charge in [0.15, 0.2) is 5.13 Å². The highest BCUT2D eigenvalue weighted by Crippen LogP contribution is 2.27. The zero-order chi connectivity index (χ0) is 16.9. The molecule has 0 atom stereocenters. The van der Waals surface area contributed by atoms with Crippen molar-refractivity contribution in [2.75, 3.05) is 11.9 Å². The van der Waals surface area contributed by atoms with Crippen molar-refractivity contribution in [3.05, 3.63) is 29.6 Å². The Hall–Kier alpha value is -1.88. The Kier molecular flexibility index (Phi) is 5.77. The molecule has 1 aromatic carbocycles. The van der Waals surface area contributed by atoms with Gasteiger partial charge in [0.1, 0.15) is 5.75 Å². The van der Waals surface area contributed by atoms with E-state index in [4.69, 9.17) is 4.74 Å². The van der Waals surface area contributed by atoms with Crippen molar-refractivity contribution in [2.45, 2.75) is 40.5 Å². The van der Waals surface area contributed by atoms with E-state index in [1.54, 1.807) is 0 Å². The Balaban J connectivity index is 2.00. The molecule has 124 valence electrons. The Bertz CT molecular complexity index is 642. The molecule has 1 heterocycles. The monoisotopic (exact) mass is 332 g/mol. The Labute approximate surface area is 141 Å². The summed E-state index contributed by atoms with van der Waals surface area (Å²) < 4.78 is 5.58. The molecule has 1 aromatic heterocycles. The lowest BCUT2D eigenvalue weighted by molar-refractivity contribution is -0.117. The number of anilines is 1. The average molecular weight is 332 g/mol. The van der Waals surface area contributed by atoms with Crippen molar-refractivity contribution < 1.29 is 9.53 Å². The third-order valence-corrected chi connectivity index (χ3v) is 3.82. The first kappa shape index (κ1) is 17.5. The lowest BCUT2D eigenvalue weighted by Crippen LogP contribution is -2.19. The molecule has 0 radical (unpaired) electrons. The van der Waals surface area contributed by atoms with Gasteiger partial charge < -0.3 is 10.1 Å². The molecule has 0 aliphatic carbocycles. The number of rotatable bonds is 6. The van der Waals surface area contributed by atoms with Gasteiger partial charge in [-0.15, -0.1) is 11.3 Å². The number of nitrogens with zero attached hydrogens (tertiary/aromatic N) is 1. The van der Waals surface area contributed by atoms with Crippen LogP contribution < -0.4 is 10.1 Å². The minimum atomic E-state index is -0.0293. The second-order valence-electron chi connectivity index (χ2n) is 6.70. The molecule has 1 N–H and O–H groups in total. The molecule has 0 aliphatic heterocycles. The highest BCUT2D eigenvalue weighted by Gasteiger charge is 2.17. The van der Waals surface area contributed by atoms with Crippen molar-refractivity contribution in [1.29, 1.82) is 0 Å². The van der Waals surface area contributed by atoms with Crippen LogP contribution in [-0.2, 0) is 4.79 Å². The van der Waals surface area contributed by atoms with Gasteiger partial charge in [-0.3, -0.25) is 4.79 Å². The maximum atomic E-state index is 12.0. The second-order valence-corrected chi connectivity index (χ2v) is 7.55. The first-order valence-electron chi connectivity index (χ1n) is 7.86. The summed E-state index contributed by atoms with van der Waals surface area (Å²) in [6.45, 7) is 8.94. The fourth-order valence-corrected chi connectivity index (χ4v) is 2.79. The van der Waals surface area contributed by atoms with Crippen LogP contribution in [0.3, 0.4) is 0 Å². The normalized spacial score (nSPS) is 11.3. The third kappa shape index (κ3) is 5.67. The second kappa shape index (κ2) is 7.59. The Morgan fingerprint density at radius 2 is 1.96 bits per heavy atom. The van der Waals surface area contributed by atoms with Gasteiger partial charge in [-0.2, -0.15) is 0 Å². The summed E-state index contributed by atoms with van der Waals surface area (Å²) in [6.07, 6.45) is 1.47. The summed E-state index contributed by atoms with van der Waals surface area (Å²) in [5.74, 6) is 0.867. The SMILES string of the molecule is CCCOc1ccc(-c2csc(NC(=O)CC(C)(C)C)n2)cc1. The van der Waals surface area contributed by atoms with Crippen molar-refractivity contribution in [3.63, 3.8) is 0 Å². The minimum Gasteiger partial charge on any atom is -0.494 e. The number of carbonyl (C=O) groups excluding carboxylic acids is 1. The molecular weight excluding hydrogens is 308 g/mol. The zero-order valence-corrected chi connectivity index (χ0v) is 15.0. The van der Waals surface area contributed by atoms with Crippen LogP contribution in [0, 0.1) is 5.41 Å². The fraction of sp³-hybridized carbons (Fsp3) is 0.444. The van der Waals surface area contributed by atoms with Crippen molar-refractivity contribution >= 4 is 22.4 Å². The Morgan fingerprint density at radius 1 is 1.26 bits per heavy atom. The molecule has 5 heteroatoms. The first-order chi connectivity index (χ1) is 10.9. The molecule has 4 nitrogen and oxygen atoms in total. The molecular formula is C18H24N2O2S. The van der Waals surface area contributed by atoms with Gasteiger partial charge in [0.2, 0.25) is 5.91 Å². The largest absolute Gasteiger partial charge is 0.494 e. The predicted molar refractivity (Wildman–Crippen MR) is 96.0 cm³/mol. The summed E-state index contributed by atoms with van der Waals surface area (Å²) in [5, 5.41) is 5.46. The molecule has 0 saturated heterocycles. The van der Waals surface area contributed by atoms with Crippen LogP contribution in [0.5, 0.6) is 5.75 Å². The molecule has 2 rings (SSSR count). The number of carbonyl (C=O) groups is 1. The predicted octanol–water partition coefficient (Wildman–Crippen LogP) is 4.97. The number of benzene rings is 1. The molecule has 0 unspecified atom stereocenters. The lowest BCUT2D eigenvalue weighted by atomic mass is 9.92. The van der Waals surface area contributed by atoms with E-state index in [1.807, 2.05) is 50.4 Å². The van der Waals surface area contributed by atoms with Crippen molar-refractivity contribution in [3.8, 4) is 17.0 Å². The molecule has 0 spiro atoms. The third-order valence-electron chi connectivity index (χ3n) is 3.06. The lowest BCUT2D eigenvalue weighted by Gasteiger charge is -2.16. The summed E-state index contributed by atoms with van der Waals surface area (Å²) >= 11 is 1.44. The van der Waals surface area contributed by atoms with Gasteiger partial charge in [-0.1, -0.05) is 27.7 Å². The van der Waals surface area contributed by atoms with Crippen LogP contribution >= 0.6 is 11.3 Å². The highest BCUT2D eigenvalue weighted by molar-refractivity contribution is 7.14. The molecule has 0 aliphatic rings. The number of nitrogens with one attached hydrogen (secondary N) is 1. The topological polar surface area (TPSA) is 51.2 Å². The maximum absolute atomic E-state index is 12.0. The summed E-state index contributed by atoms with van der Waals surface area (Å²) in [7, 11) is 0. The van der Waals surface area contributed by atoms with Crippen molar-refractivity contribution in [2.24, 2.45) is 5.41 Å². The zero-order valence-electron chi connectivity index (χ0n) is 14.2. The van der Waals surface area contributed by atoms with Crippen LogP contribution in [0.25, 0.3) is 11.3 Å². The molecule has 0 fully saturated rings. The molecule has 2 aromatic rings. The van der Waals surface area contributed by atoms with Gasteiger partial charge in [-0.25, -0.2) is 4.98 Å². The van der Waals surface area contributed by atoms with Crippen LogP contribution in [0.1, 0.15) is 40.5 Å². The smallest absolute Gasteiger partial charge is 0.226 e. The molecule has 1 amide bonds. The van der Waals surface area contributed by atoms with E-state index < -0.39 is 0 Å². The molecule has 0 bridgehead atoms. The summed E-state index contributed by atoms with van der Waals surface area (Å²) in [6, 6.07) is 7.87. The summed E-state index contributed by atoms with van der Waals surface area (Å²) in [4.78, 5) is 16.4. The van der Waals surface area contributed by atoms with Crippen LogP contribution in [-0.4, -0.2) is 17.5 Å². The molecule has 0 saturated carbocycles. The maximum Gasteiger partial charge on any atom is 0.226 e. The van der Waals surface area contributed by atoms with Crippen molar-refractivity contribution in [1.82, 2.24) is 4.98 Å². The fourth-order valence-electron chi connectivity index (χ4n) is 2.05. The van der Waals surface area contributed by atoms with E-state index in [1.165, 1.54) is 11.3 Å². The van der Waals surface area contributed by atoms with Gasteiger partial charge >= 0.3 is 0 Å². The van der Waals surface area contributed by atoms with Gasteiger partial charge in [0, 0.05) is 17.4 Å². The first-order valence-corrected chi connectivity index (χ1v) is 8.74. The van der Waals surface area contributed by atoms with Gasteiger partial charge in [0.05, 0.1) is 12.3 Å². The van der Waals surface area contributed by atoms with E-state index in [2.05, 4.69) is 17.2 Å². The van der Waals surface area contributed by atoms with E-state index in [0.717, 1.165) is 30.0 Å². The average Bonchev–Trinajstić information content (AvgIpc) is 2.92. The van der Waals surface area contributed by atoms with Crippen LogP contribution in [0.4, 0.5) is 5.13 Å². The van der Waals surface area contributed by atoms with E-state index in [-0.39, 0.29) is 11.3 Å². The molecule has 23 heavy (non-hydrogen) atoms. The van der Waals surface area contributed by atoms with E-state index >= 15 is 0 Å².